The molecule has 6 nitrogen and oxygen atoms in total. The number of benzene rings is 1. The highest BCUT2D eigenvalue weighted by Gasteiger charge is 2.30. The van der Waals surface area contributed by atoms with Gasteiger partial charge in [0.25, 0.3) is 0 Å². The molecule has 1 amide bonds. The number of nitrogens with zero attached hydrogens (tertiary/aromatic N) is 1. The Morgan fingerprint density at radius 3 is 2.92 bits per heavy atom. The Hall–Kier alpha value is -1.86. The summed E-state index contributed by atoms with van der Waals surface area (Å²) in [7, 11) is -1.18. The van der Waals surface area contributed by atoms with E-state index in [0.717, 1.165) is 22.3 Å². The number of carbonyl (C=O) groups is 1. The van der Waals surface area contributed by atoms with Gasteiger partial charge in [0.2, 0.25) is 5.91 Å². The van der Waals surface area contributed by atoms with Gasteiger partial charge in [0, 0.05) is 36.5 Å². The van der Waals surface area contributed by atoms with Crippen LogP contribution in [0.2, 0.25) is 0 Å². The minimum Gasteiger partial charge on any atom is -0.461 e. The number of furan rings is 1. The smallest absolute Gasteiger partial charge is 0.221 e. The summed E-state index contributed by atoms with van der Waals surface area (Å²) in [5, 5.41) is 3.89. The summed E-state index contributed by atoms with van der Waals surface area (Å²) >= 11 is 0. The topological polar surface area (TPSA) is 79.6 Å². The van der Waals surface area contributed by atoms with Crippen molar-refractivity contribution in [1.29, 1.82) is 0 Å². The van der Waals surface area contributed by atoms with Crippen molar-refractivity contribution in [3.8, 4) is 0 Å². The number of hydrogen-bond donors (Lipinski definition) is 1. The van der Waals surface area contributed by atoms with Crippen LogP contribution in [0.25, 0.3) is 11.0 Å². The van der Waals surface area contributed by atoms with Gasteiger partial charge in [0.1, 0.15) is 11.3 Å². The van der Waals surface area contributed by atoms with Crippen molar-refractivity contribution >= 4 is 26.7 Å². The number of fused-ring (bicyclic) bond motifs is 1. The Balaban J connectivity index is 1.64. The third-order valence-electron chi connectivity index (χ3n) is 4.61. The lowest BCUT2D eigenvalue weighted by Gasteiger charge is -2.31. The van der Waals surface area contributed by atoms with E-state index in [1.807, 2.05) is 43.1 Å². The molecule has 2 heterocycles. The molecule has 0 saturated carbocycles. The second-order valence-corrected chi connectivity index (χ2v) is 8.59. The first-order valence-corrected chi connectivity index (χ1v) is 9.82. The monoisotopic (exact) mass is 350 g/mol. The number of rotatable bonds is 4. The summed E-state index contributed by atoms with van der Waals surface area (Å²) in [6, 6.07) is 7.45. The fourth-order valence-electron chi connectivity index (χ4n) is 3.10. The van der Waals surface area contributed by atoms with Gasteiger partial charge in [-0.2, -0.15) is 0 Å². The number of amides is 1. The zero-order valence-electron chi connectivity index (χ0n) is 13.9. The van der Waals surface area contributed by atoms with Gasteiger partial charge in [-0.05, 0) is 20.0 Å². The van der Waals surface area contributed by atoms with Gasteiger partial charge in [0.15, 0.2) is 9.84 Å². The lowest BCUT2D eigenvalue weighted by atomic mass is 10.1. The van der Waals surface area contributed by atoms with Crippen LogP contribution >= 0.6 is 0 Å². The fraction of sp³-hybridized carbons (Fsp3) is 0.471. The minimum atomic E-state index is -3.04. The highest BCUT2D eigenvalue weighted by Crippen LogP contribution is 2.25. The molecule has 0 aliphatic carbocycles. The number of aryl methyl sites for hydroxylation is 1. The van der Waals surface area contributed by atoms with Crippen LogP contribution in [0.4, 0.5) is 0 Å². The molecule has 7 heteroatoms. The van der Waals surface area contributed by atoms with E-state index < -0.39 is 9.84 Å². The van der Waals surface area contributed by atoms with Crippen molar-refractivity contribution in [2.24, 2.45) is 0 Å². The molecule has 1 aromatic carbocycles. The van der Waals surface area contributed by atoms with E-state index in [2.05, 4.69) is 5.32 Å². The lowest BCUT2D eigenvalue weighted by molar-refractivity contribution is -0.122. The Labute approximate surface area is 141 Å². The average Bonchev–Trinajstić information content (AvgIpc) is 2.84. The quantitative estimate of drug-likeness (QED) is 0.903. The SMILES string of the molecule is Cc1oc2ccccc2c1CNC(=O)CC1CS(=O)(=O)CCN1C. The van der Waals surface area contributed by atoms with E-state index in [0.29, 0.717) is 13.1 Å². The molecule has 1 N–H and O–H groups in total. The van der Waals surface area contributed by atoms with E-state index in [4.69, 9.17) is 4.42 Å². The molecule has 1 aliphatic heterocycles. The van der Waals surface area contributed by atoms with Crippen LogP contribution in [-0.2, 0) is 21.2 Å². The summed E-state index contributed by atoms with van der Waals surface area (Å²) in [5.74, 6) is 0.856. The molecule has 130 valence electrons. The maximum Gasteiger partial charge on any atom is 0.221 e. The van der Waals surface area contributed by atoms with E-state index >= 15 is 0 Å². The summed E-state index contributed by atoms with van der Waals surface area (Å²) in [5.41, 5.74) is 1.76. The number of para-hydroxylation sites is 1. The van der Waals surface area contributed by atoms with Crippen LogP contribution in [0.5, 0.6) is 0 Å². The highest BCUT2D eigenvalue weighted by atomic mass is 32.2. The molecule has 3 rings (SSSR count). The Morgan fingerprint density at radius 2 is 2.12 bits per heavy atom. The van der Waals surface area contributed by atoms with Crippen LogP contribution in [0.15, 0.2) is 28.7 Å². The zero-order chi connectivity index (χ0) is 17.3. The average molecular weight is 350 g/mol. The van der Waals surface area contributed by atoms with Crippen molar-refractivity contribution in [1.82, 2.24) is 10.2 Å². The van der Waals surface area contributed by atoms with Crippen LogP contribution in [0, 0.1) is 6.92 Å². The largest absolute Gasteiger partial charge is 0.461 e. The summed E-state index contributed by atoms with van der Waals surface area (Å²) in [6.45, 7) is 2.74. The molecular weight excluding hydrogens is 328 g/mol. The van der Waals surface area contributed by atoms with Gasteiger partial charge >= 0.3 is 0 Å². The van der Waals surface area contributed by atoms with E-state index in [9.17, 15) is 13.2 Å². The molecule has 1 unspecified atom stereocenters. The maximum absolute atomic E-state index is 12.2. The first kappa shape index (κ1) is 17.0. The Bertz CT molecular complexity index is 857. The summed E-state index contributed by atoms with van der Waals surface area (Å²) < 4.78 is 29.2. The summed E-state index contributed by atoms with van der Waals surface area (Å²) in [4.78, 5) is 14.2. The van der Waals surface area contributed by atoms with Crippen molar-refractivity contribution in [3.63, 3.8) is 0 Å². The molecular formula is C17H22N2O4S. The fourth-order valence-corrected chi connectivity index (χ4v) is 4.79. The standard InChI is InChI=1S/C17H22N2O4S/c1-12-15(14-5-3-4-6-16(14)23-12)10-18-17(20)9-13-11-24(21,22)8-7-19(13)2/h3-6,13H,7-11H2,1-2H3,(H,18,20). The van der Waals surface area contributed by atoms with Crippen LogP contribution in [0.1, 0.15) is 17.7 Å². The van der Waals surface area contributed by atoms with Gasteiger partial charge in [-0.3, -0.25) is 4.79 Å². The van der Waals surface area contributed by atoms with Crippen molar-refractivity contribution in [2.75, 3.05) is 25.1 Å². The third-order valence-corrected chi connectivity index (χ3v) is 6.31. The van der Waals surface area contributed by atoms with Crippen LogP contribution < -0.4 is 5.32 Å². The predicted molar refractivity (Wildman–Crippen MR) is 92.5 cm³/mol. The van der Waals surface area contributed by atoms with Crippen LogP contribution in [-0.4, -0.2) is 50.4 Å². The van der Waals surface area contributed by atoms with Gasteiger partial charge in [-0.25, -0.2) is 8.42 Å². The molecule has 0 spiro atoms. The Morgan fingerprint density at radius 1 is 1.38 bits per heavy atom. The van der Waals surface area contributed by atoms with E-state index in [-0.39, 0.29) is 29.9 Å². The lowest BCUT2D eigenvalue weighted by Crippen LogP contribution is -2.48. The number of sulfone groups is 1. The van der Waals surface area contributed by atoms with Crippen LogP contribution in [0.3, 0.4) is 0 Å². The number of hydrogen-bond acceptors (Lipinski definition) is 5. The number of carbonyl (C=O) groups excluding carboxylic acids is 1. The first-order chi connectivity index (χ1) is 11.4. The van der Waals surface area contributed by atoms with E-state index in [1.54, 1.807) is 0 Å². The number of nitrogens with one attached hydrogen (secondary N) is 1. The predicted octanol–water partition coefficient (Wildman–Crippen LogP) is 1.48. The Kier molecular flexibility index (Phi) is 4.64. The molecule has 24 heavy (non-hydrogen) atoms. The van der Waals surface area contributed by atoms with Crippen molar-refractivity contribution in [2.45, 2.75) is 25.9 Å². The summed E-state index contributed by atoms with van der Waals surface area (Å²) in [6.07, 6.45) is 0.185. The zero-order valence-corrected chi connectivity index (χ0v) is 14.7. The van der Waals surface area contributed by atoms with Crippen molar-refractivity contribution < 1.29 is 17.6 Å². The normalized spacial score (nSPS) is 21.0. The first-order valence-electron chi connectivity index (χ1n) is 8.00. The molecule has 1 saturated heterocycles. The molecule has 2 aromatic rings. The second kappa shape index (κ2) is 6.57. The van der Waals surface area contributed by atoms with Crippen molar-refractivity contribution in [3.05, 3.63) is 35.6 Å². The van der Waals surface area contributed by atoms with Gasteiger partial charge < -0.3 is 14.6 Å². The minimum absolute atomic E-state index is 0.0462. The molecule has 1 aliphatic rings. The second-order valence-electron chi connectivity index (χ2n) is 6.36. The molecule has 0 bridgehead atoms. The van der Waals surface area contributed by atoms with E-state index in [1.165, 1.54) is 0 Å². The highest BCUT2D eigenvalue weighted by molar-refractivity contribution is 7.91. The van der Waals surface area contributed by atoms with Gasteiger partial charge in [-0.1, -0.05) is 18.2 Å². The van der Waals surface area contributed by atoms with Gasteiger partial charge in [0.05, 0.1) is 11.5 Å². The third kappa shape index (κ3) is 3.62. The molecule has 1 aromatic heterocycles. The molecule has 0 radical (unpaired) electrons. The maximum atomic E-state index is 12.2. The van der Waals surface area contributed by atoms with Gasteiger partial charge in [-0.15, -0.1) is 0 Å². The molecule has 1 atom stereocenters. The molecule has 1 fully saturated rings.